The van der Waals surface area contributed by atoms with Crippen molar-refractivity contribution >= 4 is 11.9 Å². The fourth-order valence-corrected chi connectivity index (χ4v) is 2.29. The molecule has 0 aliphatic carbocycles. The molecule has 0 radical (unpaired) electrons. The van der Waals surface area contributed by atoms with Gasteiger partial charge in [-0.15, -0.1) is 0 Å². The Morgan fingerprint density at radius 2 is 1.32 bits per heavy atom. The summed E-state index contributed by atoms with van der Waals surface area (Å²) in [7, 11) is 0. The SMILES string of the molecule is Cc1ccc(/[N+]([O-])=C\c2ccc(-c3ccccc3)cc2)cc1. The Kier molecular flexibility index (Phi) is 4.01. The molecular weight excluding hydrogens is 270 g/mol. The molecule has 0 amide bonds. The van der Waals surface area contributed by atoms with E-state index in [1.165, 1.54) is 5.56 Å². The number of rotatable bonds is 3. The van der Waals surface area contributed by atoms with E-state index in [0.717, 1.165) is 21.4 Å². The van der Waals surface area contributed by atoms with Crippen LogP contribution < -0.4 is 0 Å². The number of hydrogen-bond donors (Lipinski definition) is 0. The van der Waals surface area contributed by atoms with Crippen molar-refractivity contribution < 1.29 is 4.74 Å². The first kappa shape index (κ1) is 14.1. The van der Waals surface area contributed by atoms with Crippen LogP contribution in [-0.4, -0.2) is 11.0 Å². The maximum absolute atomic E-state index is 12.1. The zero-order valence-electron chi connectivity index (χ0n) is 12.4. The molecule has 3 aromatic carbocycles. The van der Waals surface area contributed by atoms with Crippen LogP contribution in [0.15, 0.2) is 78.9 Å². The molecule has 0 N–H and O–H groups in total. The van der Waals surface area contributed by atoms with Crippen LogP contribution in [0.3, 0.4) is 0 Å². The van der Waals surface area contributed by atoms with E-state index in [9.17, 15) is 5.21 Å². The van der Waals surface area contributed by atoms with Gasteiger partial charge in [0, 0.05) is 17.7 Å². The van der Waals surface area contributed by atoms with Gasteiger partial charge in [-0.25, -0.2) is 0 Å². The van der Waals surface area contributed by atoms with E-state index in [2.05, 4.69) is 12.1 Å². The third kappa shape index (κ3) is 3.23. The molecule has 0 spiro atoms. The zero-order chi connectivity index (χ0) is 15.4. The molecule has 0 fully saturated rings. The van der Waals surface area contributed by atoms with Crippen molar-refractivity contribution in [3.8, 4) is 11.1 Å². The summed E-state index contributed by atoms with van der Waals surface area (Å²) in [5.41, 5.74) is 4.98. The second-order valence-electron chi connectivity index (χ2n) is 5.28. The summed E-state index contributed by atoms with van der Waals surface area (Å²) in [5, 5.41) is 12.1. The molecule has 0 heterocycles. The summed E-state index contributed by atoms with van der Waals surface area (Å²) in [5.74, 6) is 0. The fraction of sp³-hybridized carbons (Fsp3) is 0.0500. The number of benzene rings is 3. The van der Waals surface area contributed by atoms with E-state index in [0.29, 0.717) is 5.69 Å². The molecule has 0 aliphatic rings. The van der Waals surface area contributed by atoms with Crippen LogP contribution >= 0.6 is 0 Å². The summed E-state index contributed by atoms with van der Waals surface area (Å²) in [6.45, 7) is 2.00. The molecular formula is C20H17NO. The Balaban J connectivity index is 1.84. The molecule has 0 saturated carbocycles. The Morgan fingerprint density at radius 3 is 1.95 bits per heavy atom. The van der Waals surface area contributed by atoms with Crippen LogP contribution in [0.2, 0.25) is 0 Å². The van der Waals surface area contributed by atoms with Crippen LogP contribution in [0.4, 0.5) is 5.69 Å². The molecule has 3 aromatic rings. The Morgan fingerprint density at radius 1 is 0.727 bits per heavy atom. The van der Waals surface area contributed by atoms with Gasteiger partial charge in [-0.05, 0) is 30.2 Å². The molecule has 0 aliphatic heterocycles. The minimum Gasteiger partial charge on any atom is -0.618 e. The maximum Gasteiger partial charge on any atom is 0.216 e. The molecule has 0 aromatic heterocycles. The average molecular weight is 287 g/mol. The normalized spacial score (nSPS) is 11.4. The second kappa shape index (κ2) is 6.27. The Bertz CT molecular complexity index is 772. The highest BCUT2D eigenvalue weighted by molar-refractivity contribution is 5.78. The van der Waals surface area contributed by atoms with Gasteiger partial charge in [0.2, 0.25) is 5.69 Å². The highest BCUT2D eigenvalue weighted by Gasteiger charge is 2.02. The van der Waals surface area contributed by atoms with Gasteiger partial charge in [-0.1, -0.05) is 60.2 Å². The third-order valence-electron chi connectivity index (χ3n) is 3.57. The number of aryl methyl sites for hydroxylation is 1. The van der Waals surface area contributed by atoms with Gasteiger partial charge in [0.15, 0.2) is 6.21 Å². The molecule has 3 rings (SSSR count). The van der Waals surface area contributed by atoms with Crippen molar-refractivity contribution in [2.24, 2.45) is 0 Å². The fourth-order valence-electron chi connectivity index (χ4n) is 2.29. The largest absolute Gasteiger partial charge is 0.618 e. The number of nitrogens with zero attached hydrogens (tertiary/aromatic N) is 1. The average Bonchev–Trinajstić information content (AvgIpc) is 2.57. The summed E-state index contributed by atoms with van der Waals surface area (Å²) in [6.07, 6.45) is 1.60. The van der Waals surface area contributed by atoms with Crippen molar-refractivity contribution in [1.29, 1.82) is 0 Å². The Hall–Kier alpha value is -2.87. The number of hydrogen-bond acceptors (Lipinski definition) is 1. The van der Waals surface area contributed by atoms with Crippen LogP contribution in [0, 0.1) is 12.1 Å². The summed E-state index contributed by atoms with van der Waals surface area (Å²) >= 11 is 0. The van der Waals surface area contributed by atoms with Gasteiger partial charge in [0.25, 0.3) is 0 Å². The van der Waals surface area contributed by atoms with Gasteiger partial charge in [-0.2, -0.15) is 4.74 Å². The van der Waals surface area contributed by atoms with E-state index in [4.69, 9.17) is 0 Å². The maximum atomic E-state index is 12.1. The van der Waals surface area contributed by atoms with Gasteiger partial charge < -0.3 is 5.21 Å². The minimum absolute atomic E-state index is 0.637. The van der Waals surface area contributed by atoms with Crippen LogP contribution in [-0.2, 0) is 0 Å². The Labute approximate surface area is 130 Å². The quantitative estimate of drug-likeness (QED) is 0.290. The van der Waals surface area contributed by atoms with Crippen molar-refractivity contribution in [1.82, 2.24) is 0 Å². The predicted octanol–water partition coefficient (Wildman–Crippen LogP) is 4.92. The van der Waals surface area contributed by atoms with Gasteiger partial charge in [-0.3, -0.25) is 0 Å². The van der Waals surface area contributed by atoms with E-state index in [-0.39, 0.29) is 0 Å². The highest BCUT2D eigenvalue weighted by Crippen LogP contribution is 2.19. The van der Waals surface area contributed by atoms with Crippen LogP contribution in [0.5, 0.6) is 0 Å². The molecule has 0 bridgehead atoms. The molecule has 108 valence electrons. The zero-order valence-corrected chi connectivity index (χ0v) is 12.4. The topological polar surface area (TPSA) is 26.1 Å². The highest BCUT2D eigenvalue weighted by atomic mass is 16.5. The van der Waals surface area contributed by atoms with E-state index >= 15 is 0 Å². The first-order chi connectivity index (χ1) is 10.7. The summed E-state index contributed by atoms with van der Waals surface area (Å²) < 4.78 is 0.900. The predicted molar refractivity (Wildman–Crippen MR) is 91.5 cm³/mol. The first-order valence-corrected chi connectivity index (χ1v) is 7.26. The molecule has 2 nitrogen and oxygen atoms in total. The lowest BCUT2D eigenvalue weighted by Crippen LogP contribution is -1.98. The lowest BCUT2D eigenvalue weighted by atomic mass is 10.0. The molecule has 0 atom stereocenters. The van der Waals surface area contributed by atoms with Gasteiger partial charge >= 0.3 is 0 Å². The summed E-state index contributed by atoms with van der Waals surface area (Å²) in [4.78, 5) is 0. The smallest absolute Gasteiger partial charge is 0.216 e. The van der Waals surface area contributed by atoms with Crippen molar-refractivity contribution in [3.05, 3.63) is 95.2 Å². The molecule has 0 unspecified atom stereocenters. The van der Waals surface area contributed by atoms with Crippen molar-refractivity contribution in [2.75, 3.05) is 0 Å². The van der Waals surface area contributed by atoms with Gasteiger partial charge in [0.05, 0.1) is 0 Å². The lowest BCUT2D eigenvalue weighted by molar-refractivity contribution is -0.354. The van der Waals surface area contributed by atoms with Crippen LogP contribution in [0.1, 0.15) is 11.1 Å². The lowest BCUT2D eigenvalue weighted by Gasteiger charge is -2.04. The van der Waals surface area contributed by atoms with Gasteiger partial charge in [0.1, 0.15) is 0 Å². The van der Waals surface area contributed by atoms with Crippen LogP contribution in [0.25, 0.3) is 11.1 Å². The second-order valence-corrected chi connectivity index (χ2v) is 5.28. The first-order valence-electron chi connectivity index (χ1n) is 7.26. The standard InChI is InChI=1S/C20H17NO/c1-16-7-13-20(14-8-16)21(22)15-17-9-11-19(12-10-17)18-5-3-2-4-6-18/h2-15H,1H3/b21-15+. The molecule has 2 heteroatoms. The monoisotopic (exact) mass is 287 g/mol. The molecule has 22 heavy (non-hydrogen) atoms. The third-order valence-corrected chi connectivity index (χ3v) is 3.57. The van der Waals surface area contributed by atoms with E-state index in [1.807, 2.05) is 73.7 Å². The molecule has 0 saturated heterocycles. The van der Waals surface area contributed by atoms with Crippen molar-refractivity contribution in [2.45, 2.75) is 6.92 Å². The van der Waals surface area contributed by atoms with E-state index < -0.39 is 0 Å². The van der Waals surface area contributed by atoms with Crippen molar-refractivity contribution in [3.63, 3.8) is 0 Å². The minimum atomic E-state index is 0.637. The summed E-state index contributed by atoms with van der Waals surface area (Å²) in [6, 6.07) is 25.7. The van der Waals surface area contributed by atoms with E-state index in [1.54, 1.807) is 6.21 Å².